The number of fused-ring (bicyclic) bond motifs is 1. The van der Waals surface area contributed by atoms with Crippen molar-refractivity contribution in [3.8, 4) is 5.75 Å². The maximum atomic E-state index is 5.77. The van der Waals surface area contributed by atoms with E-state index in [1.165, 1.54) is 24.0 Å². The molecule has 0 atom stereocenters. The largest absolute Gasteiger partial charge is 0.493 e. The molecule has 0 radical (unpaired) electrons. The molecular weight excluding hydrogens is 220 g/mol. The Labute approximate surface area is 111 Å². The van der Waals surface area contributed by atoms with Gasteiger partial charge in [0.15, 0.2) is 0 Å². The first-order valence-electron chi connectivity index (χ1n) is 7.01. The van der Waals surface area contributed by atoms with Crippen LogP contribution in [0.3, 0.4) is 0 Å². The van der Waals surface area contributed by atoms with E-state index in [1.54, 1.807) is 0 Å². The van der Waals surface area contributed by atoms with Gasteiger partial charge in [0.05, 0.1) is 6.61 Å². The minimum Gasteiger partial charge on any atom is -0.493 e. The van der Waals surface area contributed by atoms with Crippen LogP contribution in [0.15, 0.2) is 30.9 Å². The zero-order valence-electron chi connectivity index (χ0n) is 11.7. The molecule has 0 fully saturated rings. The van der Waals surface area contributed by atoms with E-state index in [4.69, 9.17) is 4.74 Å². The van der Waals surface area contributed by atoms with Gasteiger partial charge in [0.25, 0.3) is 0 Å². The molecule has 0 spiro atoms. The molecule has 0 saturated carbocycles. The zero-order valence-corrected chi connectivity index (χ0v) is 11.7. The van der Waals surface area contributed by atoms with Crippen LogP contribution in [-0.2, 0) is 11.8 Å². The van der Waals surface area contributed by atoms with Gasteiger partial charge in [-0.2, -0.15) is 0 Å². The van der Waals surface area contributed by atoms with E-state index < -0.39 is 0 Å². The molecule has 1 aromatic rings. The number of allylic oxidation sites excluding steroid dienone is 1. The maximum absolute atomic E-state index is 5.77. The molecular formula is C17H24O. The predicted octanol–water partition coefficient (Wildman–Crippen LogP) is 4.65. The third-order valence-electron chi connectivity index (χ3n) is 3.90. The Morgan fingerprint density at radius 1 is 1.39 bits per heavy atom. The molecule has 0 aliphatic carbocycles. The van der Waals surface area contributed by atoms with Crippen molar-refractivity contribution in [3.63, 3.8) is 0 Å². The van der Waals surface area contributed by atoms with E-state index in [0.717, 1.165) is 31.6 Å². The fourth-order valence-corrected chi connectivity index (χ4v) is 2.85. The van der Waals surface area contributed by atoms with E-state index >= 15 is 0 Å². The van der Waals surface area contributed by atoms with Crippen molar-refractivity contribution in [1.82, 2.24) is 0 Å². The maximum Gasteiger partial charge on any atom is 0.122 e. The Kier molecular flexibility index (Phi) is 4.11. The molecule has 2 rings (SSSR count). The van der Waals surface area contributed by atoms with Gasteiger partial charge in [-0.25, -0.2) is 0 Å². The average molecular weight is 244 g/mol. The van der Waals surface area contributed by atoms with Gasteiger partial charge in [-0.3, -0.25) is 0 Å². The lowest BCUT2D eigenvalue weighted by Gasteiger charge is -2.30. The molecule has 18 heavy (non-hydrogen) atoms. The smallest absolute Gasteiger partial charge is 0.122 e. The molecule has 1 aromatic carbocycles. The van der Waals surface area contributed by atoms with Crippen molar-refractivity contribution in [2.75, 3.05) is 6.61 Å². The lowest BCUT2D eigenvalue weighted by atomic mass is 9.76. The Hall–Kier alpha value is -1.24. The van der Waals surface area contributed by atoms with E-state index in [9.17, 15) is 0 Å². The molecule has 0 aromatic heterocycles. The van der Waals surface area contributed by atoms with E-state index in [0.29, 0.717) is 0 Å². The summed E-state index contributed by atoms with van der Waals surface area (Å²) in [6.45, 7) is 9.37. The highest BCUT2D eigenvalue weighted by Gasteiger charge is 2.25. The van der Waals surface area contributed by atoms with Crippen LogP contribution in [0.4, 0.5) is 0 Å². The first kappa shape index (κ1) is 13.2. The molecule has 0 bridgehead atoms. The number of rotatable bonds is 5. The number of benzene rings is 1. The topological polar surface area (TPSA) is 9.23 Å². The van der Waals surface area contributed by atoms with Crippen LogP contribution in [0, 0.1) is 0 Å². The van der Waals surface area contributed by atoms with Crippen LogP contribution < -0.4 is 4.74 Å². The summed E-state index contributed by atoms with van der Waals surface area (Å²) < 4.78 is 5.77. The van der Waals surface area contributed by atoms with Crippen molar-refractivity contribution in [2.45, 2.75) is 51.4 Å². The van der Waals surface area contributed by atoms with Gasteiger partial charge in [-0.15, -0.1) is 6.58 Å². The summed E-state index contributed by atoms with van der Waals surface area (Å²) in [5.41, 5.74) is 3.14. The first-order chi connectivity index (χ1) is 8.65. The lowest BCUT2D eigenvalue weighted by molar-refractivity contribution is 0.285. The van der Waals surface area contributed by atoms with Crippen molar-refractivity contribution in [1.29, 1.82) is 0 Å². The van der Waals surface area contributed by atoms with Gasteiger partial charge in [0.2, 0.25) is 0 Å². The van der Waals surface area contributed by atoms with Crippen LogP contribution in [0.1, 0.15) is 50.7 Å². The molecule has 1 aliphatic heterocycles. The van der Waals surface area contributed by atoms with E-state index in [1.807, 2.05) is 6.08 Å². The molecule has 0 saturated heterocycles. The number of unbranched alkanes of at least 4 members (excludes halogenated alkanes) is 1. The van der Waals surface area contributed by atoms with Gasteiger partial charge in [0, 0.05) is 0 Å². The lowest BCUT2D eigenvalue weighted by Crippen LogP contribution is -2.21. The first-order valence-corrected chi connectivity index (χ1v) is 7.01. The molecule has 0 unspecified atom stereocenters. The fraction of sp³-hybridized carbons (Fsp3) is 0.529. The third kappa shape index (κ3) is 2.77. The SMILES string of the molecule is C=CCCCC(C)(C)c1cccc2c1CCCO2. The summed E-state index contributed by atoms with van der Waals surface area (Å²) in [6, 6.07) is 6.52. The summed E-state index contributed by atoms with van der Waals surface area (Å²) in [6.07, 6.45) is 7.84. The van der Waals surface area contributed by atoms with E-state index in [2.05, 4.69) is 38.6 Å². The van der Waals surface area contributed by atoms with Crippen LogP contribution in [0.2, 0.25) is 0 Å². The Bertz CT molecular complexity index is 418. The number of ether oxygens (including phenoxy) is 1. The van der Waals surface area contributed by atoms with Gasteiger partial charge in [-0.05, 0) is 54.7 Å². The minimum atomic E-state index is 0.231. The summed E-state index contributed by atoms with van der Waals surface area (Å²) in [4.78, 5) is 0. The summed E-state index contributed by atoms with van der Waals surface area (Å²) in [5.74, 6) is 1.11. The zero-order chi connectivity index (χ0) is 13.0. The van der Waals surface area contributed by atoms with Crippen LogP contribution in [0.25, 0.3) is 0 Å². The average Bonchev–Trinajstić information content (AvgIpc) is 2.38. The number of hydrogen-bond acceptors (Lipinski definition) is 1. The molecule has 1 aliphatic rings. The second-order valence-electron chi connectivity index (χ2n) is 5.80. The predicted molar refractivity (Wildman–Crippen MR) is 77.3 cm³/mol. The molecule has 1 heteroatoms. The highest BCUT2D eigenvalue weighted by atomic mass is 16.5. The summed E-state index contributed by atoms with van der Waals surface area (Å²) in [5, 5.41) is 0. The summed E-state index contributed by atoms with van der Waals surface area (Å²) >= 11 is 0. The fourth-order valence-electron chi connectivity index (χ4n) is 2.85. The van der Waals surface area contributed by atoms with Gasteiger partial charge in [-0.1, -0.05) is 32.1 Å². The normalized spacial score (nSPS) is 14.8. The van der Waals surface area contributed by atoms with Crippen LogP contribution in [0.5, 0.6) is 5.75 Å². The molecule has 1 nitrogen and oxygen atoms in total. The van der Waals surface area contributed by atoms with Crippen molar-refractivity contribution in [3.05, 3.63) is 42.0 Å². The number of hydrogen-bond donors (Lipinski definition) is 0. The quantitative estimate of drug-likeness (QED) is 0.541. The molecule has 0 amide bonds. The Balaban J connectivity index is 2.23. The third-order valence-corrected chi connectivity index (χ3v) is 3.90. The molecule has 1 heterocycles. The standard InChI is InChI=1S/C17H24O/c1-4-5-6-12-17(2,3)15-10-7-11-16-14(15)9-8-13-18-16/h4,7,10-11H,1,5-6,8-9,12-13H2,2-3H3. The van der Waals surface area contributed by atoms with Crippen molar-refractivity contribution in [2.24, 2.45) is 0 Å². The van der Waals surface area contributed by atoms with Crippen molar-refractivity contribution >= 4 is 0 Å². The molecule has 0 N–H and O–H groups in total. The molecule has 98 valence electrons. The Morgan fingerprint density at radius 2 is 2.22 bits per heavy atom. The van der Waals surface area contributed by atoms with Crippen molar-refractivity contribution < 1.29 is 4.74 Å². The second-order valence-corrected chi connectivity index (χ2v) is 5.80. The minimum absolute atomic E-state index is 0.231. The highest BCUT2D eigenvalue weighted by molar-refractivity contribution is 5.44. The van der Waals surface area contributed by atoms with E-state index in [-0.39, 0.29) is 5.41 Å². The monoisotopic (exact) mass is 244 g/mol. The van der Waals surface area contributed by atoms with Gasteiger partial charge in [0.1, 0.15) is 5.75 Å². The Morgan fingerprint density at radius 3 is 3.00 bits per heavy atom. The van der Waals surface area contributed by atoms with Gasteiger partial charge >= 0.3 is 0 Å². The van der Waals surface area contributed by atoms with Crippen LogP contribution >= 0.6 is 0 Å². The van der Waals surface area contributed by atoms with Gasteiger partial charge < -0.3 is 4.74 Å². The second kappa shape index (κ2) is 5.60. The highest BCUT2D eigenvalue weighted by Crippen LogP contribution is 2.37. The summed E-state index contributed by atoms with van der Waals surface area (Å²) in [7, 11) is 0. The van der Waals surface area contributed by atoms with Crippen LogP contribution in [-0.4, -0.2) is 6.61 Å².